The minimum Gasteiger partial charge on any atom is -0.378 e. The highest BCUT2D eigenvalue weighted by atomic mass is 16.5. The molecule has 0 aromatic carbocycles. The summed E-state index contributed by atoms with van der Waals surface area (Å²) in [5.41, 5.74) is 0.645. The summed E-state index contributed by atoms with van der Waals surface area (Å²) in [7, 11) is 2.20. The smallest absolute Gasteiger partial charge is 0.0553 e. The van der Waals surface area contributed by atoms with Gasteiger partial charge in [0.2, 0.25) is 0 Å². The van der Waals surface area contributed by atoms with Gasteiger partial charge < -0.3 is 9.64 Å². The predicted octanol–water partition coefficient (Wildman–Crippen LogP) is 1.12. The Balaban J connectivity index is 1.93. The van der Waals surface area contributed by atoms with Crippen LogP contribution in [0.2, 0.25) is 0 Å². The third-order valence-electron chi connectivity index (χ3n) is 2.97. The normalized spacial score (nSPS) is 37.1. The highest BCUT2D eigenvalue weighted by Gasteiger charge is 2.43. The molecule has 2 heteroatoms. The first-order valence-corrected chi connectivity index (χ1v) is 4.50. The summed E-state index contributed by atoms with van der Waals surface area (Å²) < 4.78 is 5.53. The van der Waals surface area contributed by atoms with E-state index in [1.807, 2.05) is 0 Å². The van der Waals surface area contributed by atoms with Crippen LogP contribution >= 0.6 is 0 Å². The minimum absolute atomic E-state index is 0.498. The van der Waals surface area contributed by atoms with E-state index < -0.39 is 0 Å². The summed E-state index contributed by atoms with van der Waals surface area (Å²) in [4.78, 5) is 2.40. The first kappa shape index (κ1) is 7.56. The first-order chi connectivity index (χ1) is 5.20. The molecule has 0 radical (unpaired) electrons. The van der Waals surface area contributed by atoms with Crippen LogP contribution in [0.1, 0.15) is 19.8 Å². The number of rotatable bonds is 0. The van der Waals surface area contributed by atoms with Crippen LogP contribution < -0.4 is 0 Å². The molecule has 2 rings (SSSR count). The van der Waals surface area contributed by atoms with Crippen molar-refractivity contribution in [1.82, 2.24) is 4.90 Å². The Hall–Kier alpha value is -0.0800. The Morgan fingerprint density at radius 2 is 2.18 bits per heavy atom. The summed E-state index contributed by atoms with van der Waals surface area (Å²) in [6.07, 6.45) is 3.05. The first-order valence-electron chi connectivity index (χ1n) is 4.50. The molecular weight excluding hydrogens is 138 g/mol. The second kappa shape index (κ2) is 2.46. The molecule has 0 N–H and O–H groups in total. The summed E-state index contributed by atoms with van der Waals surface area (Å²) >= 11 is 0. The highest BCUT2D eigenvalue weighted by Crippen LogP contribution is 2.40. The van der Waals surface area contributed by atoms with E-state index in [4.69, 9.17) is 4.74 Å². The highest BCUT2D eigenvalue weighted by molar-refractivity contribution is 4.96. The van der Waals surface area contributed by atoms with Crippen LogP contribution in [0.25, 0.3) is 0 Å². The quantitative estimate of drug-likeness (QED) is 0.519. The monoisotopic (exact) mass is 155 g/mol. The van der Waals surface area contributed by atoms with Gasteiger partial charge in [-0.05, 0) is 26.8 Å². The second-order valence-electron chi connectivity index (χ2n) is 4.31. The van der Waals surface area contributed by atoms with Crippen molar-refractivity contribution in [1.29, 1.82) is 0 Å². The molecule has 0 saturated carbocycles. The van der Waals surface area contributed by atoms with E-state index in [2.05, 4.69) is 18.9 Å². The summed E-state index contributed by atoms with van der Waals surface area (Å²) in [6, 6.07) is 0. The van der Waals surface area contributed by atoms with Gasteiger partial charge in [-0.15, -0.1) is 0 Å². The Bertz CT molecular complexity index is 146. The SMILES string of the molecule is CC1CC2(CCO1)CN(C)C2. The van der Waals surface area contributed by atoms with E-state index in [0.717, 1.165) is 6.61 Å². The Kier molecular flexibility index (Phi) is 1.69. The average Bonchev–Trinajstić information content (AvgIpc) is 1.84. The molecular formula is C9H17NO. The molecule has 2 aliphatic rings. The van der Waals surface area contributed by atoms with E-state index in [9.17, 15) is 0 Å². The van der Waals surface area contributed by atoms with Crippen molar-refractivity contribution in [2.24, 2.45) is 5.41 Å². The van der Waals surface area contributed by atoms with Crippen molar-refractivity contribution in [2.45, 2.75) is 25.9 Å². The van der Waals surface area contributed by atoms with Crippen LogP contribution in [0.5, 0.6) is 0 Å². The Labute approximate surface area is 68.5 Å². The fourth-order valence-electron chi connectivity index (χ4n) is 2.63. The fourth-order valence-corrected chi connectivity index (χ4v) is 2.63. The van der Waals surface area contributed by atoms with Gasteiger partial charge >= 0.3 is 0 Å². The number of hydrogen-bond acceptors (Lipinski definition) is 2. The van der Waals surface area contributed by atoms with E-state index in [1.54, 1.807) is 0 Å². The fraction of sp³-hybridized carbons (Fsp3) is 1.00. The van der Waals surface area contributed by atoms with Gasteiger partial charge in [0.25, 0.3) is 0 Å². The zero-order valence-corrected chi connectivity index (χ0v) is 7.47. The van der Waals surface area contributed by atoms with E-state index in [-0.39, 0.29) is 0 Å². The summed E-state index contributed by atoms with van der Waals surface area (Å²) in [5.74, 6) is 0. The van der Waals surface area contributed by atoms with Crippen LogP contribution in [-0.4, -0.2) is 37.7 Å². The summed E-state index contributed by atoms with van der Waals surface area (Å²) in [5, 5.41) is 0. The lowest BCUT2D eigenvalue weighted by Gasteiger charge is -2.52. The second-order valence-corrected chi connectivity index (χ2v) is 4.31. The number of hydrogen-bond donors (Lipinski definition) is 0. The Morgan fingerprint density at radius 1 is 1.45 bits per heavy atom. The van der Waals surface area contributed by atoms with Gasteiger partial charge in [0, 0.05) is 25.1 Å². The van der Waals surface area contributed by atoms with Gasteiger partial charge in [0.1, 0.15) is 0 Å². The van der Waals surface area contributed by atoms with Gasteiger partial charge in [-0.2, -0.15) is 0 Å². The molecule has 2 fully saturated rings. The molecule has 1 atom stereocenters. The van der Waals surface area contributed by atoms with Crippen molar-refractivity contribution in [3.8, 4) is 0 Å². The van der Waals surface area contributed by atoms with E-state index >= 15 is 0 Å². The topological polar surface area (TPSA) is 12.5 Å². The van der Waals surface area contributed by atoms with Crippen LogP contribution in [-0.2, 0) is 4.74 Å². The molecule has 64 valence electrons. The van der Waals surface area contributed by atoms with Crippen molar-refractivity contribution in [3.63, 3.8) is 0 Å². The number of likely N-dealkylation sites (tertiary alicyclic amines) is 1. The standard InChI is InChI=1S/C9H17NO/c1-8-5-9(3-4-11-8)6-10(2)7-9/h8H,3-7H2,1-2H3. The van der Waals surface area contributed by atoms with E-state index in [0.29, 0.717) is 11.5 Å². The predicted molar refractivity (Wildman–Crippen MR) is 44.6 cm³/mol. The summed E-state index contributed by atoms with van der Waals surface area (Å²) in [6.45, 7) is 5.76. The molecule has 1 spiro atoms. The molecule has 0 aromatic rings. The average molecular weight is 155 g/mol. The zero-order chi connectivity index (χ0) is 7.90. The van der Waals surface area contributed by atoms with Gasteiger partial charge in [-0.3, -0.25) is 0 Å². The van der Waals surface area contributed by atoms with Crippen molar-refractivity contribution >= 4 is 0 Å². The molecule has 2 aliphatic heterocycles. The molecule has 0 aliphatic carbocycles. The molecule has 2 nitrogen and oxygen atoms in total. The lowest BCUT2D eigenvalue weighted by atomic mass is 9.72. The van der Waals surface area contributed by atoms with Crippen molar-refractivity contribution in [2.75, 3.05) is 26.7 Å². The maximum atomic E-state index is 5.53. The molecule has 2 saturated heterocycles. The number of ether oxygens (including phenoxy) is 1. The molecule has 2 heterocycles. The molecule has 0 aromatic heterocycles. The number of nitrogens with zero attached hydrogens (tertiary/aromatic N) is 1. The van der Waals surface area contributed by atoms with E-state index in [1.165, 1.54) is 25.9 Å². The van der Waals surface area contributed by atoms with Gasteiger partial charge in [0.15, 0.2) is 0 Å². The maximum absolute atomic E-state index is 5.53. The minimum atomic E-state index is 0.498. The zero-order valence-electron chi connectivity index (χ0n) is 7.47. The van der Waals surface area contributed by atoms with Crippen LogP contribution in [0.15, 0.2) is 0 Å². The van der Waals surface area contributed by atoms with Gasteiger partial charge in [-0.25, -0.2) is 0 Å². The Morgan fingerprint density at radius 3 is 2.73 bits per heavy atom. The maximum Gasteiger partial charge on any atom is 0.0553 e. The molecule has 0 amide bonds. The van der Waals surface area contributed by atoms with Gasteiger partial charge in [0.05, 0.1) is 6.10 Å². The van der Waals surface area contributed by atoms with Crippen LogP contribution in [0, 0.1) is 5.41 Å². The molecule has 0 bridgehead atoms. The van der Waals surface area contributed by atoms with Crippen molar-refractivity contribution in [3.05, 3.63) is 0 Å². The largest absolute Gasteiger partial charge is 0.378 e. The van der Waals surface area contributed by atoms with Crippen LogP contribution in [0.3, 0.4) is 0 Å². The molecule has 11 heavy (non-hydrogen) atoms. The van der Waals surface area contributed by atoms with Gasteiger partial charge in [-0.1, -0.05) is 0 Å². The lowest BCUT2D eigenvalue weighted by Crippen LogP contribution is -2.57. The lowest BCUT2D eigenvalue weighted by molar-refractivity contribution is -0.102. The third kappa shape index (κ3) is 1.30. The van der Waals surface area contributed by atoms with Crippen molar-refractivity contribution < 1.29 is 4.74 Å². The molecule has 1 unspecified atom stereocenters. The third-order valence-corrected chi connectivity index (χ3v) is 2.97. The van der Waals surface area contributed by atoms with Crippen LogP contribution in [0.4, 0.5) is 0 Å².